The smallest absolute Gasteiger partial charge is 0.326 e. The van der Waals surface area contributed by atoms with Crippen molar-refractivity contribution >= 4 is 75.9 Å². The summed E-state index contributed by atoms with van der Waals surface area (Å²) in [7, 11) is 0. The van der Waals surface area contributed by atoms with Gasteiger partial charge in [0.05, 0.1) is 6.33 Å². The topological polar surface area (TPSA) is 364 Å². The van der Waals surface area contributed by atoms with Gasteiger partial charge < -0.3 is 72.3 Å². The third-order valence-corrected chi connectivity index (χ3v) is 16.8. The number of aromatic nitrogens is 3. The highest BCUT2D eigenvalue weighted by Gasteiger charge is 2.46. The molecule has 0 spiro atoms. The molecule has 1 aromatic carbocycles. The number of carboxylic acids is 1. The van der Waals surface area contributed by atoms with E-state index in [0.29, 0.717) is 50.6 Å². The van der Waals surface area contributed by atoms with Gasteiger partial charge in [-0.1, -0.05) is 45.9 Å². The van der Waals surface area contributed by atoms with Crippen molar-refractivity contribution in [2.45, 2.75) is 184 Å². The van der Waals surface area contributed by atoms with Crippen molar-refractivity contribution in [2.75, 3.05) is 32.7 Å². The Bertz CT molecular complexity index is 2910. The predicted octanol–water partition coefficient (Wildman–Crippen LogP) is -0.132. The number of nitrogens with two attached hydrogens (primary N) is 1. The second kappa shape index (κ2) is 28.1. The number of benzene rings is 1. The Morgan fingerprint density at radius 3 is 1.83 bits per heavy atom. The Labute approximate surface area is 487 Å². The summed E-state index contributed by atoms with van der Waals surface area (Å²) >= 11 is 0. The number of H-pyrrole nitrogens is 2. The number of nitrogens with one attached hydrogen (secondary N) is 8. The number of fused-ring (bicyclic) bond motifs is 1. The predicted molar refractivity (Wildman–Crippen MR) is 304 cm³/mol. The fourth-order valence-corrected chi connectivity index (χ4v) is 12.4. The molecule has 5 aliphatic heterocycles. The second-order valence-corrected chi connectivity index (χ2v) is 23.6. The number of para-hydroxylation sites is 1. The zero-order valence-electron chi connectivity index (χ0n) is 48.4. The minimum absolute atomic E-state index is 0.0232. The second-order valence-electron chi connectivity index (χ2n) is 23.6. The maximum atomic E-state index is 15.0. The Morgan fingerprint density at radius 1 is 0.655 bits per heavy atom. The number of carboxylic acid groups (broad SMARTS) is 1. The van der Waals surface area contributed by atoms with E-state index in [1.165, 1.54) is 32.1 Å². The van der Waals surface area contributed by atoms with Gasteiger partial charge in [-0.25, -0.2) is 9.78 Å². The van der Waals surface area contributed by atoms with Crippen LogP contribution in [-0.4, -0.2) is 198 Å². The summed E-state index contributed by atoms with van der Waals surface area (Å²) < 4.78 is 0. The zero-order valence-corrected chi connectivity index (χ0v) is 48.4. The maximum Gasteiger partial charge on any atom is 0.326 e. The van der Waals surface area contributed by atoms with Gasteiger partial charge in [-0.2, -0.15) is 0 Å². The van der Waals surface area contributed by atoms with Gasteiger partial charge >= 0.3 is 5.97 Å². The lowest BCUT2D eigenvalue weighted by atomic mass is 10.00. The highest BCUT2D eigenvalue weighted by atomic mass is 16.4. The zero-order chi connectivity index (χ0) is 60.4. The van der Waals surface area contributed by atoms with Crippen LogP contribution in [0.3, 0.4) is 0 Å². The third kappa shape index (κ3) is 14.7. The average Bonchev–Trinajstić information content (AvgIpc) is 4.03. The molecular weight excluding hydrogens is 1080 g/mol. The maximum absolute atomic E-state index is 15.0. The molecule has 26 heteroatoms. The summed E-state index contributed by atoms with van der Waals surface area (Å²) in [5.41, 5.74) is 7.98. The fraction of sp³-hybridized carbons (Fsp3) is 0.621. The standard InChI is InChI=1S/C58H82N14O12/c1-32(2)26-40(65-49(74)38-19-20-47(73)63-38)50(75)67-42(27-34-29-61-37-13-6-5-12-36(34)37)55(80)70-23-9-15-43(70)52(77)64-39(14-7-21-59)54(79)69-22-8-16-44(69)53(78)66-41(28-35-30-60-31-62-35)51(76)68-48(33(3)4)57(82)71-24-10-17-45(71)56(81)72-25-11-18-46(72)58(83)84/h5-6,12-13,29-33,38-46,48,61H,7-11,14-28,59H2,1-4H3,(H,60,62)(H,63,73)(H,64,77)(H,65,74)(H,66,78)(H,67,75)(H,68,76)(H,83,84). The molecule has 11 N–H and O–H groups in total. The van der Waals surface area contributed by atoms with Gasteiger partial charge in [-0.3, -0.25) is 47.9 Å². The largest absolute Gasteiger partial charge is 0.480 e. The van der Waals surface area contributed by atoms with Gasteiger partial charge in [0.15, 0.2) is 0 Å². The lowest BCUT2D eigenvalue weighted by Crippen LogP contribution is -2.61. The summed E-state index contributed by atoms with van der Waals surface area (Å²) in [6.45, 7) is 8.22. The van der Waals surface area contributed by atoms with Crippen LogP contribution >= 0.6 is 0 Å². The van der Waals surface area contributed by atoms with Crippen molar-refractivity contribution in [3.8, 4) is 0 Å². The van der Waals surface area contributed by atoms with Crippen LogP contribution in [0.25, 0.3) is 10.9 Å². The van der Waals surface area contributed by atoms with Crippen molar-refractivity contribution in [3.05, 3.63) is 54.2 Å². The monoisotopic (exact) mass is 1170 g/mol. The highest BCUT2D eigenvalue weighted by molar-refractivity contribution is 6.00. The molecule has 5 saturated heterocycles. The molecule has 10 atom stereocenters. The van der Waals surface area contributed by atoms with Gasteiger partial charge in [-0.05, 0) is 107 Å². The number of rotatable bonds is 25. The first kappa shape index (κ1) is 62.2. The molecular formula is C58H82N14O12. The number of likely N-dealkylation sites (tertiary alicyclic amines) is 4. The molecule has 456 valence electrons. The van der Waals surface area contributed by atoms with Crippen LogP contribution in [-0.2, 0) is 65.6 Å². The average molecular weight is 1170 g/mol. The van der Waals surface area contributed by atoms with Gasteiger partial charge in [0, 0.05) is 74.4 Å². The number of amides is 10. The molecule has 0 aliphatic carbocycles. The Kier molecular flexibility index (Phi) is 20.8. The first-order valence-electron chi connectivity index (χ1n) is 29.7. The minimum Gasteiger partial charge on any atom is -0.480 e. The Hall–Kier alpha value is -7.90. The number of imidazole rings is 1. The summed E-state index contributed by atoms with van der Waals surface area (Å²) in [5.74, 6) is -7.09. The normalized spacial score (nSPS) is 22.4. The van der Waals surface area contributed by atoms with Crippen LogP contribution in [0.2, 0.25) is 0 Å². The summed E-state index contributed by atoms with van der Waals surface area (Å²) in [5, 5.41) is 27.5. The van der Waals surface area contributed by atoms with E-state index in [1.54, 1.807) is 20.0 Å². The van der Waals surface area contributed by atoms with E-state index >= 15 is 0 Å². The summed E-state index contributed by atoms with van der Waals surface area (Å²) in [6, 6.07) is -3.21. The van der Waals surface area contributed by atoms with E-state index in [2.05, 4.69) is 46.9 Å². The molecule has 3 aromatic rings. The van der Waals surface area contributed by atoms with Crippen molar-refractivity contribution in [2.24, 2.45) is 17.6 Å². The van der Waals surface area contributed by atoms with Crippen LogP contribution in [0.15, 0.2) is 43.0 Å². The van der Waals surface area contributed by atoms with Crippen molar-refractivity contribution in [3.63, 3.8) is 0 Å². The molecule has 8 rings (SSSR count). The van der Waals surface area contributed by atoms with Crippen LogP contribution in [0.5, 0.6) is 0 Å². The molecule has 26 nitrogen and oxygen atoms in total. The fourth-order valence-electron chi connectivity index (χ4n) is 12.4. The van der Waals surface area contributed by atoms with Crippen LogP contribution < -0.4 is 37.6 Å². The Balaban J connectivity index is 0.959. The molecule has 10 amide bonds. The van der Waals surface area contributed by atoms with E-state index in [-0.39, 0.29) is 95.9 Å². The minimum atomic E-state index is -1.29. The molecule has 84 heavy (non-hydrogen) atoms. The number of nitrogens with zero attached hydrogens (tertiary/aromatic N) is 5. The van der Waals surface area contributed by atoms with Crippen molar-refractivity contribution in [1.29, 1.82) is 0 Å². The van der Waals surface area contributed by atoms with Gasteiger partial charge in [0.25, 0.3) is 0 Å². The van der Waals surface area contributed by atoms with E-state index in [1.807, 2.05) is 38.1 Å². The summed E-state index contributed by atoms with van der Waals surface area (Å²) in [6.07, 6.45) is 8.66. The SMILES string of the molecule is CC(C)CC(NC(=O)C1CCC(=O)N1)C(=O)NC(Cc1c[nH]c2ccccc12)C(=O)N1CCCC1C(=O)NC(CCCN)C(=O)N1CCCC1C(=O)NC(Cc1cnc[nH]1)C(=O)NC(C(=O)N1CCCC1C(=O)N1CCCC1C(=O)O)C(C)C. The molecule has 0 saturated carbocycles. The lowest BCUT2D eigenvalue weighted by Gasteiger charge is -2.34. The van der Waals surface area contributed by atoms with Crippen molar-refractivity contribution < 1.29 is 57.8 Å². The number of aromatic amines is 2. The quantitative estimate of drug-likeness (QED) is 0.0529. The lowest BCUT2D eigenvalue weighted by molar-refractivity contribution is -0.152. The highest BCUT2D eigenvalue weighted by Crippen LogP contribution is 2.28. The first-order chi connectivity index (χ1) is 40.2. The third-order valence-electron chi connectivity index (χ3n) is 16.8. The van der Waals surface area contributed by atoms with Crippen LogP contribution in [0.4, 0.5) is 0 Å². The van der Waals surface area contributed by atoms with Crippen LogP contribution in [0, 0.1) is 11.8 Å². The number of carbonyl (C=O) groups is 11. The van der Waals surface area contributed by atoms with Gasteiger partial charge in [0.2, 0.25) is 59.1 Å². The number of aliphatic carboxylic acids is 1. The molecule has 2 aromatic heterocycles. The van der Waals surface area contributed by atoms with Crippen LogP contribution in [0.1, 0.15) is 122 Å². The van der Waals surface area contributed by atoms with E-state index in [4.69, 9.17) is 5.73 Å². The van der Waals surface area contributed by atoms with E-state index in [0.717, 1.165) is 16.5 Å². The molecule has 7 heterocycles. The Morgan fingerprint density at radius 2 is 1.24 bits per heavy atom. The molecule has 5 fully saturated rings. The summed E-state index contributed by atoms with van der Waals surface area (Å²) in [4.78, 5) is 169. The molecule has 0 bridgehead atoms. The van der Waals surface area contributed by atoms with E-state index < -0.39 is 125 Å². The van der Waals surface area contributed by atoms with Gasteiger partial charge in [0.1, 0.15) is 60.4 Å². The molecule has 0 radical (unpaired) electrons. The van der Waals surface area contributed by atoms with E-state index in [9.17, 15) is 57.8 Å². The van der Waals surface area contributed by atoms with Crippen molar-refractivity contribution in [1.82, 2.24) is 66.5 Å². The molecule has 10 unspecified atom stereocenters. The van der Waals surface area contributed by atoms with Gasteiger partial charge in [-0.15, -0.1) is 0 Å². The number of hydrogen-bond acceptors (Lipinski definition) is 13. The molecule has 5 aliphatic rings. The number of carbonyl (C=O) groups excluding carboxylic acids is 10. The number of hydrogen-bond donors (Lipinski definition) is 10. The first-order valence-corrected chi connectivity index (χ1v) is 29.7.